The van der Waals surface area contributed by atoms with Crippen LogP contribution < -0.4 is 4.74 Å². The van der Waals surface area contributed by atoms with Gasteiger partial charge in [0.15, 0.2) is 0 Å². The van der Waals surface area contributed by atoms with Gasteiger partial charge in [-0.25, -0.2) is 4.98 Å². The average molecular weight is 201 g/mol. The molecule has 52 valence electrons. The van der Waals surface area contributed by atoms with Crippen LogP contribution in [0.2, 0.25) is 0 Å². The topological polar surface area (TPSA) is 27.1 Å². The maximum atomic E-state index is 5.08. The highest BCUT2D eigenvalue weighted by Gasteiger charge is 2.12. The quantitative estimate of drug-likeness (QED) is 0.597. The number of aromatic nitrogens is 2. The van der Waals surface area contributed by atoms with E-state index in [1.54, 1.807) is 12.5 Å². The number of fused-ring (bicyclic) bond motifs is 1. The van der Waals surface area contributed by atoms with Gasteiger partial charge in [0.05, 0.1) is 6.26 Å². The lowest BCUT2D eigenvalue weighted by molar-refractivity contribution is 0.395. The van der Waals surface area contributed by atoms with Crippen LogP contribution in [0.3, 0.4) is 0 Å². The van der Waals surface area contributed by atoms with Gasteiger partial charge >= 0.3 is 6.01 Å². The molecule has 2 rings (SSSR count). The van der Waals surface area contributed by atoms with Crippen molar-refractivity contribution in [3.05, 3.63) is 24.7 Å². The Labute approximate surface area is 66.5 Å². The molecule has 1 aliphatic rings. The molecular formula is C6H5BrN2O. The maximum Gasteiger partial charge on any atom is 0.302 e. The molecule has 0 bridgehead atoms. The number of hydrogen-bond donors (Lipinski definition) is 0. The second-order valence-electron chi connectivity index (χ2n) is 1.94. The number of imidazole rings is 1. The number of alkyl halides is 1. The summed E-state index contributed by atoms with van der Waals surface area (Å²) in [6.45, 7) is 0. The Balaban J connectivity index is 2.48. The molecule has 1 atom stereocenters. The van der Waals surface area contributed by atoms with E-state index in [0.29, 0.717) is 6.01 Å². The van der Waals surface area contributed by atoms with Crippen molar-refractivity contribution >= 4 is 15.9 Å². The summed E-state index contributed by atoms with van der Waals surface area (Å²) in [5.41, 5.74) is 0. The molecule has 0 fully saturated rings. The van der Waals surface area contributed by atoms with Crippen molar-refractivity contribution in [2.75, 3.05) is 0 Å². The SMILES string of the molecule is Br[C@@H]1C=COc2nccn21. The van der Waals surface area contributed by atoms with Crippen LogP contribution in [0.25, 0.3) is 0 Å². The zero-order chi connectivity index (χ0) is 6.97. The maximum absolute atomic E-state index is 5.08. The zero-order valence-electron chi connectivity index (χ0n) is 5.07. The van der Waals surface area contributed by atoms with Crippen molar-refractivity contribution in [3.63, 3.8) is 0 Å². The summed E-state index contributed by atoms with van der Waals surface area (Å²) in [6.07, 6.45) is 7.09. The van der Waals surface area contributed by atoms with Crippen molar-refractivity contribution in [3.8, 4) is 6.01 Å². The van der Waals surface area contributed by atoms with Gasteiger partial charge in [0.1, 0.15) is 4.95 Å². The van der Waals surface area contributed by atoms with Crippen molar-refractivity contribution in [2.45, 2.75) is 4.95 Å². The van der Waals surface area contributed by atoms with Crippen LogP contribution in [0.5, 0.6) is 6.01 Å². The highest BCUT2D eigenvalue weighted by atomic mass is 79.9. The van der Waals surface area contributed by atoms with Gasteiger partial charge in [0.2, 0.25) is 0 Å². The summed E-state index contributed by atoms with van der Waals surface area (Å²) in [5.74, 6) is 0. The minimum atomic E-state index is 0.179. The van der Waals surface area contributed by atoms with E-state index in [1.807, 2.05) is 16.8 Å². The first-order valence-corrected chi connectivity index (χ1v) is 3.80. The first-order chi connectivity index (χ1) is 4.88. The molecule has 3 nitrogen and oxygen atoms in total. The van der Waals surface area contributed by atoms with Crippen LogP contribution in [0.15, 0.2) is 24.7 Å². The molecule has 1 aromatic heterocycles. The van der Waals surface area contributed by atoms with Gasteiger partial charge in [-0.15, -0.1) is 0 Å². The molecule has 0 saturated heterocycles. The highest BCUT2D eigenvalue weighted by Crippen LogP contribution is 2.25. The lowest BCUT2D eigenvalue weighted by atomic mass is 10.5. The highest BCUT2D eigenvalue weighted by molar-refractivity contribution is 9.09. The van der Waals surface area contributed by atoms with Crippen molar-refractivity contribution in [1.82, 2.24) is 9.55 Å². The molecule has 0 radical (unpaired) electrons. The van der Waals surface area contributed by atoms with Crippen LogP contribution in [-0.4, -0.2) is 9.55 Å². The molecule has 1 aromatic rings. The summed E-state index contributed by atoms with van der Waals surface area (Å²) in [6, 6.07) is 0.629. The lowest BCUT2D eigenvalue weighted by Gasteiger charge is -2.13. The average Bonchev–Trinajstić information content (AvgIpc) is 2.36. The van der Waals surface area contributed by atoms with Crippen molar-refractivity contribution < 1.29 is 4.74 Å². The summed E-state index contributed by atoms with van der Waals surface area (Å²) in [5, 5.41) is 0. The van der Waals surface area contributed by atoms with Gasteiger partial charge < -0.3 is 4.74 Å². The first-order valence-electron chi connectivity index (χ1n) is 2.88. The molecule has 0 spiro atoms. The second-order valence-corrected chi connectivity index (χ2v) is 2.87. The first kappa shape index (κ1) is 5.97. The van der Waals surface area contributed by atoms with Gasteiger partial charge in [-0.2, -0.15) is 0 Å². The van der Waals surface area contributed by atoms with E-state index < -0.39 is 0 Å². The Bertz CT molecular complexity index is 268. The van der Waals surface area contributed by atoms with Crippen molar-refractivity contribution in [2.24, 2.45) is 0 Å². The standard InChI is InChI=1S/C6H5BrN2O/c7-5-1-4-10-6-8-2-3-9(5)6/h1-5H/t5-/m0/s1. The van der Waals surface area contributed by atoms with E-state index in [2.05, 4.69) is 20.9 Å². The van der Waals surface area contributed by atoms with E-state index in [4.69, 9.17) is 4.74 Å². The van der Waals surface area contributed by atoms with Crippen LogP contribution in [0.4, 0.5) is 0 Å². The third-order valence-corrected chi connectivity index (χ3v) is 2.06. The molecule has 0 N–H and O–H groups in total. The fourth-order valence-electron chi connectivity index (χ4n) is 0.836. The molecule has 0 aliphatic carbocycles. The number of nitrogens with zero attached hydrogens (tertiary/aromatic N) is 2. The second kappa shape index (κ2) is 2.12. The fourth-order valence-corrected chi connectivity index (χ4v) is 1.27. The molecule has 0 aromatic carbocycles. The van der Waals surface area contributed by atoms with Gasteiger partial charge in [0, 0.05) is 12.4 Å². The minimum Gasteiger partial charge on any atom is -0.434 e. The Morgan fingerprint density at radius 1 is 1.70 bits per heavy atom. The van der Waals surface area contributed by atoms with Gasteiger partial charge in [-0.3, -0.25) is 4.57 Å². The normalized spacial score (nSPS) is 21.9. The summed E-state index contributed by atoms with van der Waals surface area (Å²) >= 11 is 3.42. The number of rotatable bonds is 0. The Morgan fingerprint density at radius 2 is 2.60 bits per heavy atom. The summed E-state index contributed by atoms with van der Waals surface area (Å²) in [4.78, 5) is 4.15. The summed E-state index contributed by atoms with van der Waals surface area (Å²) < 4.78 is 6.96. The zero-order valence-corrected chi connectivity index (χ0v) is 6.65. The van der Waals surface area contributed by atoms with E-state index in [9.17, 15) is 0 Å². The third-order valence-electron chi connectivity index (χ3n) is 1.31. The fraction of sp³-hybridized carbons (Fsp3) is 0.167. The molecular weight excluding hydrogens is 196 g/mol. The lowest BCUT2D eigenvalue weighted by Crippen LogP contribution is -2.05. The van der Waals surface area contributed by atoms with Gasteiger partial charge in [-0.1, -0.05) is 15.9 Å². The molecule has 4 heteroatoms. The van der Waals surface area contributed by atoms with E-state index in [0.717, 1.165) is 0 Å². The van der Waals surface area contributed by atoms with Crippen LogP contribution in [-0.2, 0) is 0 Å². The largest absolute Gasteiger partial charge is 0.434 e. The number of halogens is 1. The third kappa shape index (κ3) is 0.759. The smallest absolute Gasteiger partial charge is 0.302 e. The Kier molecular flexibility index (Phi) is 1.27. The number of ether oxygens (including phenoxy) is 1. The molecule has 0 saturated carbocycles. The van der Waals surface area contributed by atoms with Crippen LogP contribution >= 0.6 is 15.9 Å². The molecule has 0 unspecified atom stereocenters. The number of hydrogen-bond acceptors (Lipinski definition) is 2. The van der Waals surface area contributed by atoms with Crippen molar-refractivity contribution in [1.29, 1.82) is 0 Å². The van der Waals surface area contributed by atoms with Crippen LogP contribution in [0, 0.1) is 0 Å². The van der Waals surface area contributed by atoms with E-state index in [1.165, 1.54) is 0 Å². The van der Waals surface area contributed by atoms with E-state index in [-0.39, 0.29) is 4.95 Å². The van der Waals surface area contributed by atoms with Gasteiger partial charge in [-0.05, 0) is 6.08 Å². The molecule has 1 aliphatic heterocycles. The predicted octanol–water partition coefficient (Wildman–Crippen LogP) is 1.68. The monoisotopic (exact) mass is 200 g/mol. The minimum absolute atomic E-state index is 0.179. The van der Waals surface area contributed by atoms with Gasteiger partial charge in [0.25, 0.3) is 0 Å². The molecule has 10 heavy (non-hydrogen) atoms. The Morgan fingerprint density at radius 3 is 3.40 bits per heavy atom. The number of allylic oxidation sites excluding steroid dienone is 1. The van der Waals surface area contributed by atoms with Crippen LogP contribution in [0.1, 0.15) is 4.95 Å². The molecule has 0 amide bonds. The Hall–Kier alpha value is -0.770. The molecule has 2 heterocycles. The predicted molar refractivity (Wildman–Crippen MR) is 40.0 cm³/mol. The van der Waals surface area contributed by atoms with E-state index >= 15 is 0 Å². The summed E-state index contributed by atoms with van der Waals surface area (Å²) in [7, 11) is 0.